The Balaban J connectivity index is 1.52. The summed E-state index contributed by atoms with van der Waals surface area (Å²) in [5.41, 5.74) is 1.82. The van der Waals surface area contributed by atoms with Gasteiger partial charge in [-0.15, -0.1) is 0 Å². The fourth-order valence-corrected chi connectivity index (χ4v) is 3.10. The predicted octanol–water partition coefficient (Wildman–Crippen LogP) is 4.20. The average Bonchev–Trinajstić information content (AvgIpc) is 3.29. The van der Waals surface area contributed by atoms with Gasteiger partial charge in [-0.25, -0.2) is 9.98 Å². The second-order valence-electron chi connectivity index (χ2n) is 5.18. The first-order valence-electron chi connectivity index (χ1n) is 7.33. The van der Waals surface area contributed by atoms with Crippen LogP contribution in [0.5, 0.6) is 11.5 Å². The number of nitrogens with zero attached hydrogens (tertiary/aromatic N) is 3. The minimum Gasteiger partial charge on any atom is -0.454 e. The summed E-state index contributed by atoms with van der Waals surface area (Å²) in [6.45, 7) is 0.237. The Bertz CT molecular complexity index is 966. The van der Waals surface area contributed by atoms with Crippen LogP contribution in [0, 0.1) is 10.1 Å². The number of aromatic nitrogens is 1. The Kier molecular flexibility index (Phi) is 3.87. The fourth-order valence-electron chi connectivity index (χ4n) is 2.33. The maximum Gasteiger partial charge on any atom is 0.269 e. The van der Waals surface area contributed by atoms with Crippen LogP contribution in [-0.2, 0) is 0 Å². The van der Waals surface area contributed by atoms with Gasteiger partial charge in [-0.2, -0.15) is 0 Å². The summed E-state index contributed by atoms with van der Waals surface area (Å²) in [6, 6.07) is 12.0. The summed E-state index contributed by atoms with van der Waals surface area (Å²) >= 11 is 1.41. The molecule has 1 aliphatic rings. The Labute approximate surface area is 146 Å². The molecule has 8 heteroatoms. The van der Waals surface area contributed by atoms with Crippen LogP contribution in [0.25, 0.3) is 10.4 Å². The lowest BCUT2D eigenvalue weighted by Crippen LogP contribution is -1.92. The summed E-state index contributed by atoms with van der Waals surface area (Å²) < 4.78 is 10.6. The first-order chi connectivity index (χ1) is 12.2. The normalized spacial score (nSPS) is 12.6. The van der Waals surface area contributed by atoms with E-state index in [4.69, 9.17) is 9.47 Å². The molecule has 0 N–H and O–H groups in total. The highest BCUT2D eigenvalue weighted by molar-refractivity contribution is 7.18. The van der Waals surface area contributed by atoms with Crippen molar-refractivity contribution in [3.05, 3.63) is 64.3 Å². The second kappa shape index (κ2) is 6.33. The number of thiazole rings is 1. The lowest BCUT2D eigenvalue weighted by molar-refractivity contribution is -0.384. The molecule has 0 amide bonds. The molecule has 0 radical (unpaired) electrons. The third-order valence-electron chi connectivity index (χ3n) is 3.58. The number of aliphatic imine (C=N–C) groups is 1. The van der Waals surface area contributed by atoms with E-state index >= 15 is 0 Å². The molecule has 25 heavy (non-hydrogen) atoms. The number of ether oxygens (including phenoxy) is 2. The second-order valence-corrected chi connectivity index (χ2v) is 6.19. The zero-order chi connectivity index (χ0) is 17.2. The number of nitro benzene ring substituents is 1. The summed E-state index contributed by atoms with van der Waals surface area (Å²) in [6.07, 6.45) is 3.42. The van der Waals surface area contributed by atoms with Crippen LogP contribution < -0.4 is 9.47 Å². The lowest BCUT2D eigenvalue weighted by Gasteiger charge is -1.96. The third-order valence-corrected chi connectivity index (χ3v) is 4.53. The quantitative estimate of drug-likeness (QED) is 0.398. The zero-order valence-electron chi connectivity index (χ0n) is 12.8. The first kappa shape index (κ1) is 15.3. The molecule has 2 heterocycles. The smallest absolute Gasteiger partial charge is 0.269 e. The molecule has 1 aromatic heterocycles. The maximum atomic E-state index is 10.7. The van der Waals surface area contributed by atoms with Gasteiger partial charge in [-0.1, -0.05) is 11.3 Å². The van der Waals surface area contributed by atoms with Gasteiger partial charge in [0.2, 0.25) is 11.9 Å². The standard InChI is InChI=1S/C17H11N3O4S/c21-20(22)13-4-2-12(3-5-13)16-9-19-17(25-16)18-8-11-1-6-14-15(7-11)24-10-23-14/h1-9H,10H2/b18-8+. The van der Waals surface area contributed by atoms with E-state index in [-0.39, 0.29) is 12.5 Å². The Morgan fingerprint density at radius 1 is 1.16 bits per heavy atom. The SMILES string of the molecule is O=[N+]([O-])c1ccc(-c2cnc(/N=C/c3ccc4c(c3)OCO4)s2)cc1. The molecule has 7 nitrogen and oxygen atoms in total. The van der Waals surface area contributed by atoms with E-state index in [0.29, 0.717) is 10.9 Å². The maximum absolute atomic E-state index is 10.7. The first-order valence-corrected chi connectivity index (χ1v) is 8.15. The van der Waals surface area contributed by atoms with Crippen LogP contribution in [0.3, 0.4) is 0 Å². The Hall–Kier alpha value is -3.26. The van der Waals surface area contributed by atoms with Gasteiger partial charge < -0.3 is 9.47 Å². The van der Waals surface area contributed by atoms with Crippen molar-refractivity contribution in [2.75, 3.05) is 6.79 Å². The number of rotatable bonds is 4. The molecule has 0 fully saturated rings. The van der Waals surface area contributed by atoms with Crippen molar-refractivity contribution in [3.63, 3.8) is 0 Å². The number of fused-ring (bicyclic) bond motifs is 1. The molecule has 2 aromatic carbocycles. The van der Waals surface area contributed by atoms with E-state index in [1.807, 2.05) is 18.2 Å². The van der Waals surface area contributed by atoms with Crippen molar-refractivity contribution in [1.29, 1.82) is 0 Å². The molecule has 0 aliphatic carbocycles. The summed E-state index contributed by atoms with van der Waals surface area (Å²) in [5.74, 6) is 1.43. The molecule has 0 atom stereocenters. The van der Waals surface area contributed by atoms with Crippen LogP contribution >= 0.6 is 11.3 Å². The highest BCUT2D eigenvalue weighted by Crippen LogP contribution is 2.33. The Morgan fingerprint density at radius 3 is 2.76 bits per heavy atom. The zero-order valence-corrected chi connectivity index (χ0v) is 13.6. The monoisotopic (exact) mass is 353 g/mol. The molecule has 0 bridgehead atoms. The van der Waals surface area contributed by atoms with Gasteiger partial charge >= 0.3 is 0 Å². The number of nitro groups is 1. The van der Waals surface area contributed by atoms with E-state index in [1.54, 1.807) is 24.5 Å². The summed E-state index contributed by atoms with van der Waals surface area (Å²) in [5, 5.41) is 11.3. The van der Waals surface area contributed by atoms with Crippen molar-refractivity contribution < 1.29 is 14.4 Å². The van der Waals surface area contributed by atoms with E-state index in [2.05, 4.69) is 9.98 Å². The van der Waals surface area contributed by atoms with E-state index in [1.165, 1.54) is 23.5 Å². The molecule has 124 valence electrons. The molecule has 0 saturated carbocycles. The topological polar surface area (TPSA) is 86.9 Å². The summed E-state index contributed by atoms with van der Waals surface area (Å²) in [4.78, 5) is 19.8. The minimum atomic E-state index is -0.419. The van der Waals surface area contributed by atoms with Crippen LogP contribution in [-0.4, -0.2) is 22.9 Å². The van der Waals surface area contributed by atoms with Crippen LogP contribution in [0.1, 0.15) is 5.56 Å². The molecule has 1 aliphatic heterocycles. The van der Waals surface area contributed by atoms with Crippen LogP contribution in [0.15, 0.2) is 53.7 Å². The van der Waals surface area contributed by atoms with Gasteiger partial charge in [0, 0.05) is 24.5 Å². The molecule has 4 rings (SSSR count). The van der Waals surface area contributed by atoms with Crippen molar-refractivity contribution in [1.82, 2.24) is 4.98 Å². The minimum absolute atomic E-state index is 0.0642. The number of non-ortho nitro benzene ring substituents is 1. The van der Waals surface area contributed by atoms with E-state index in [9.17, 15) is 10.1 Å². The fraction of sp³-hybridized carbons (Fsp3) is 0.0588. The van der Waals surface area contributed by atoms with Crippen molar-refractivity contribution in [2.45, 2.75) is 0 Å². The largest absolute Gasteiger partial charge is 0.454 e. The third kappa shape index (κ3) is 3.20. The van der Waals surface area contributed by atoms with Gasteiger partial charge in [0.1, 0.15) is 0 Å². The molecular formula is C17H11N3O4S. The van der Waals surface area contributed by atoms with Gasteiger partial charge in [-0.05, 0) is 41.5 Å². The number of hydrogen-bond acceptors (Lipinski definition) is 7. The number of benzene rings is 2. The van der Waals surface area contributed by atoms with E-state index < -0.39 is 4.92 Å². The molecule has 0 unspecified atom stereocenters. The predicted molar refractivity (Wildman–Crippen MR) is 94.0 cm³/mol. The molecule has 0 spiro atoms. The highest BCUT2D eigenvalue weighted by Gasteiger charge is 2.12. The lowest BCUT2D eigenvalue weighted by atomic mass is 10.2. The molecule has 0 saturated heterocycles. The van der Waals surface area contributed by atoms with Crippen LogP contribution in [0.4, 0.5) is 10.8 Å². The molecular weight excluding hydrogens is 342 g/mol. The van der Waals surface area contributed by atoms with Gasteiger partial charge in [0.15, 0.2) is 11.5 Å². The van der Waals surface area contributed by atoms with Gasteiger partial charge in [-0.3, -0.25) is 10.1 Å². The average molecular weight is 353 g/mol. The molecule has 3 aromatic rings. The van der Waals surface area contributed by atoms with Crippen molar-refractivity contribution in [2.24, 2.45) is 4.99 Å². The van der Waals surface area contributed by atoms with Gasteiger partial charge in [0.25, 0.3) is 5.69 Å². The summed E-state index contributed by atoms with van der Waals surface area (Å²) in [7, 11) is 0. The van der Waals surface area contributed by atoms with Crippen LogP contribution in [0.2, 0.25) is 0 Å². The van der Waals surface area contributed by atoms with Crippen molar-refractivity contribution >= 4 is 28.4 Å². The van der Waals surface area contributed by atoms with E-state index in [0.717, 1.165) is 21.8 Å². The Morgan fingerprint density at radius 2 is 1.96 bits per heavy atom. The highest BCUT2D eigenvalue weighted by atomic mass is 32.1. The number of hydrogen-bond donors (Lipinski definition) is 0. The van der Waals surface area contributed by atoms with Gasteiger partial charge in [0.05, 0.1) is 9.80 Å². The van der Waals surface area contributed by atoms with Crippen molar-refractivity contribution in [3.8, 4) is 21.9 Å².